The maximum atomic E-state index is 13.6. The third-order valence-electron chi connectivity index (χ3n) is 4.34. The van der Waals surface area contributed by atoms with Crippen LogP contribution in [0.4, 0.5) is 33.3 Å². The molecule has 0 spiro atoms. The summed E-state index contributed by atoms with van der Waals surface area (Å²) in [4.78, 5) is 24.7. The van der Waals surface area contributed by atoms with Crippen molar-refractivity contribution in [1.29, 1.82) is 0 Å². The highest BCUT2D eigenvalue weighted by atomic mass is 19.4. The zero-order valence-corrected chi connectivity index (χ0v) is 16.4. The third-order valence-corrected chi connectivity index (χ3v) is 4.34. The second-order valence-corrected chi connectivity index (χ2v) is 6.52. The Morgan fingerprint density at radius 2 is 1.47 bits per heavy atom. The van der Waals surface area contributed by atoms with Gasteiger partial charge in [-0.05, 0) is 60.7 Å². The number of nitrogens with one attached hydrogen (secondary N) is 2. The largest absolute Gasteiger partial charge is 0.496 e. The van der Waals surface area contributed by atoms with Crippen molar-refractivity contribution < 1.29 is 36.3 Å². The van der Waals surface area contributed by atoms with Crippen LogP contribution in [0.3, 0.4) is 0 Å². The van der Waals surface area contributed by atoms with Crippen LogP contribution in [0.25, 0.3) is 0 Å². The quantitative estimate of drug-likeness (QED) is 0.505. The number of hydrogen-bond donors (Lipinski definition) is 2. The van der Waals surface area contributed by atoms with E-state index in [1.54, 1.807) is 0 Å². The molecule has 0 saturated carbocycles. The van der Waals surface area contributed by atoms with Gasteiger partial charge in [0.25, 0.3) is 11.8 Å². The van der Waals surface area contributed by atoms with Gasteiger partial charge >= 0.3 is 6.18 Å². The van der Waals surface area contributed by atoms with E-state index in [4.69, 9.17) is 4.74 Å². The van der Waals surface area contributed by atoms with E-state index >= 15 is 0 Å². The van der Waals surface area contributed by atoms with Crippen molar-refractivity contribution in [1.82, 2.24) is 0 Å². The predicted molar refractivity (Wildman–Crippen MR) is 107 cm³/mol. The monoisotopic (exact) mass is 450 g/mol. The molecule has 5 nitrogen and oxygen atoms in total. The summed E-state index contributed by atoms with van der Waals surface area (Å²) in [5.74, 6) is -3.14. The number of amides is 2. The van der Waals surface area contributed by atoms with E-state index in [1.165, 1.54) is 25.3 Å². The van der Waals surface area contributed by atoms with E-state index in [9.17, 15) is 31.5 Å². The molecule has 2 amide bonds. The van der Waals surface area contributed by atoms with Gasteiger partial charge in [0.1, 0.15) is 17.4 Å². The number of anilines is 2. The Labute approximate surface area is 178 Å². The van der Waals surface area contributed by atoms with Crippen molar-refractivity contribution in [2.24, 2.45) is 0 Å². The van der Waals surface area contributed by atoms with E-state index < -0.39 is 40.9 Å². The van der Waals surface area contributed by atoms with Crippen LogP contribution >= 0.6 is 0 Å². The fourth-order valence-corrected chi connectivity index (χ4v) is 2.82. The molecule has 32 heavy (non-hydrogen) atoms. The fraction of sp³-hybridized carbons (Fsp3) is 0.0909. The lowest BCUT2D eigenvalue weighted by Gasteiger charge is -2.16. The summed E-state index contributed by atoms with van der Waals surface area (Å²) in [6.07, 6.45) is -4.88. The average molecular weight is 450 g/mol. The highest BCUT2D eigenvalue weighted by Crippen LogP contribution is 2.37. The molecular formula is C22H15F5N2O3. The van der Waals surface area contributed by atoms with E-state index in [-0.39, 0.29) is 22.6 Å². The van der Waals surface area contributed by atoms with Gasteiger partial charge in [-0.2, -0.15) is 13.2 Å². The number of rotatable bonds is 5. The van der Waals surface area contributed by atoms with E-state index in [2.05, 4.69) is 10.6 Å². The molecule has 0 saturated heterocycles. The van der Waals surface area contributed by atoms with Crippen LogP contribution in [0.1, 0.15) is 26.3 Å². The third kappa shape index (κ3) is 5.20. The van der Waals surface area contributed by atoms with Crippen LogP contribution in [-0.4, -0.2) is 18.9 Å². The molecule has 10 heteroatoms. The summed E-state index contributed by atoms with van der Waals surface area (Å²) in [6.45, 7) is 0. The zero-order chi connectivity index (χ0) is 23.5. The number of carbonyl (C=O) groups is 2. The van der Waals surface area contributed by atoms with Gasteiger partial charge in [-0.1, -0.05) is 0 Å². The number of hydrogen-bond acceptors (Lipinski definition) is 3. The Kier molecular flexibility index (Phi) is 6.42. The first-order valence-corrected chi connectivity index (χ1v) is 9.01. The summed E-state index contributed by atoms with van der Waals surface area (Å²) in [5.41, 5.74) is -2.30. The summed E-state index contributed by atoms with van der Waals surface area (Å²) in [7, 11) is 1.23. The van der Waals surface area contributed by atoms with Crippen molar-refractivity contribution in [2.45, 2.75) is 6.18 Å². The predicted octanol–water partition coefficient (Wildman–Crippen LogP) is 5.50. The molecule has 166 valence electrons. The summed E-state index contributed by atoms with van der Waals surface area (Å²) in [5, 5.41) is 4.38. The molecular weight excluding hydrogens is 435 g/mol. The van der Waals surface area contributed by atoms with Gasteiger partial charge in [-0.15, -0.1) is 0 Å². The summed E-state index contributed by atoms with van der Waals surface area (Å²) in [6, 6.07) is 10.2. The minimum atomic E-state index is -4.88. The molecule has 2 N–H and O–H groups in total. The smallest absolute Gasteiger partial charge is 0.418 e. The van der Waals surface area contributed by atoms with E-state index in [0.717, 1.165) is 36.4 Å². The molecule has 0 bridgehead atoms. The van der Waals surface area contributed by atoms with Gasteiger partial charge in [-0.25, -0.2) is 8.78 Å². The fourth-order valence-electron chi connectivity index (χ4n) is 2.82. The van der Waals surface area contributed by atoms with Crippen molar-refractivity contribution in [3.63, 3.8) is 0 Å². The Balaban J connectivity index is 1.89. The number of ether oxygens (including phenoxy) is 1. The Hall–Kier alpha value is -3.95. The first-order valence-electron chi connectivity index (χ1n) is 9.01. The van der Waals surface area contributed by atoms with Crippen molar-refractivity contribution in [3.8, 4) is 5.75 Å². The van der Waals surface area contributed by atoms with Gasteiger partial charge in [0.15, 0.2) is 0 Å². The van der Waals surface area contributed by atoms with Crippen LogP contribution in [-0.2, 0) is 6.18 Å². The van der Waals surface area contributed by atoms with Crippen molar-refractivity contribution >= 4 is 23.2 Å². The van der Waals surface area contributed by atoms with Gasteiger partial charge in [0.05, 0.1) is 23.9 Å². The Morgan fingerprint density at radius 3 is 2.09 bits per heavy atom. The number of methoxy groups -OCH3 is 1. The van der Waals surface area contributed by atoms with Crippen molar-refractivity contribution in [2.75, 3.05) is 17.7 Å². The molecule has 0 aliphatic heterocycles. The van der Waals surface area contributed by atoms with Crippen LogP contribution in [0.5, 0.6) is 5.75 Å². The number of alkyl halides is 3. The number of carbonyl (C=O) groups excluding carboxylic acids is 2. The molecule has 3 aromatic rings. The van der Waals surface area contributed by atoms with Crippen LogP contribution in [0.2, 0.25) is 0 Å². The standard InChI is InChI=1S/C22H15F5N2O3/c1-32-19-9-6-14(24)10-16(19)21(31)29-18-8-7-15(11-17(18)22(25,26)27)28-20(30)12-2-4-13(23)5-3-12/h2-11H,1H3,(H,28,30)(H,29,31). The summed E-state index contributed by atoms with van der Waals surface area (Å²) < 4.78 is 72.3. The first kappa shape index (κ1) is 22.7. The molecule has 3 rings (SSSR count). The normalized spacial score (nSPS) is 11.1. The highest BCUT2D eigenvalue weighted by Gasteiger charge is 2.34. The minimum Gasteiger partial charge on any atom is -0.496 e. The molecule has 0 aromatic heterocycles. The maximum Gasteiger partial charge on any atom is 0.418 e. The lowest BCUT2D eigenvalue weighted by Crippen LogP contribution is -2.18. The maximum absolute atomic E-state index is 13.6. The molecule has 0 unspecified atom stereocenters. The van der Waals surface area contributed by atoms with Gasteiger partial charge in [0, 0.05) is 11.3 Å². The highest BCUT2D eigenvalue weighted by molar-refractivity contribution is 6.07. The number of benzene rings is 3. The van der Waals surface area contributed by atoms with E-state index in [1.807, 2.05) is 0 Å². The molecule has 0 heterocycles. The lowest BCUT2D eigenvalue weighted by molar-refractivity contribution is -0.136. The molecule has 0 atom stereocenters. The van der Waals surface area contributed by atoms with Gasteiger partial charge < -0.3 is 15.4 Å². The molecule has 0 fully saturated rings. The van der Waals surface area contributed by atoms with Gasteiger partial charge in [0.2, 0.25) is 0 Å². The molecule has 0 aliphatic carbocycles. The topological polar surface area (TPSA) is 67.4 Å². The van der Waals surface area contributed by atoms with Crippen LogP contribution < -0.4 is 15.4 Å². The summed E-state index contributed by atoms with van der Waals surface area (Å²) >= 11 is 0. The molecule has 0 aliphatic rings. The lowest BCUT2D eigenvalue weighted by atomic mass is 10.1. The van der Waals surface area contributed by atoms with Gasteiger partial charge in [-0.3, -0.25) is 9.59 Å². The first-order chi connectivity index (χ1) is 15.1. The second-order valence-electron chi connectivity index (χ2n) is 6.52. The SMILES string of the molecule is COc1ccc(F)cc1C(=O)Nc1ccc(NC(=O)c2ccc(F)cc2)cc1C(F)(F)F. The molecule has 0 radical (unpaired) electrons. The van der Waals surface area contributed by atoms with E-state index in [0.29, 0.717) is 6.07 Å². The zero-order valence-electron chi connectivity index (χ0n) is 16.4. The average Bonchev–Trinajstić information content (AvgIpc) is 2.74. The second kappa shape index (κ2) is 9.04. The number of halogens is 5. The Morgan fingerprint density at radius 1 is 0.812 bits per heavy atom. The minimum absolute atomic E-state index is 0.0272. The van der Waals surface area contributed by atoms with Crippen molar-refractivity contribution in [3.05, 3.63) is 89.0 Å². The van der Waals surface area contributed by atoms with Crippen LogP contribution in [0, 0.1) is 11.6 Å². The van der Waals surface area contributed by atoms with Crippen LogP contribution in [0.15, 0.2) is 60.7 Å². The molecule has 3 aromatic carbocycles. The Bertz CT molecular complexity index is 1160.